The maximum Gasteiger partial charge on any atom is 0.252 e. The first-order valence-corrected chi connectivity index (χ1v) is 13.7. The van der Waals surface area contributed by atoms with Crippen LogP contribution in [0.2, 0.25) is 0 Å². The van der Waals surface area contributed by atoms with Gasteiger partial charge in [-0.25, -0.2) is 15.0 Å². The number of hydrogen-bond acceptors (Lipinski definition) is 9. The fourth-order valence-corrected chi connectivity index (χ4v) is 5.53. The summed E-state index contributed by atoms with van der Waals surface area (Å²) in [5, 5.41) is 4.04. The van der Waals surface area contributed by atoms with Crippen molar-refractivity contribution in [2.45, 2.75) is 18.9 Å². The third-order valence-corrected chi connectivity index (χ3v) is 7.67. The summed E-state index contributed by atoms with van der Waals surface area (Å²) in [5.74, 6) is 1.60. The van der Waals surface area contributed by atoms with E-state index >= 15 is 0 Å². The van der Waals surface area contributed by atoms with Gasteiger partial charge in [0.15, 0.2) is 0 Å². The maximum atomic E-state index is 13.4. The first-order valence-electron chi connectivity index (χ1n) is 13.7. The highest BCUT2D eigenvalue weighted by Gasteiger charge is 2.25. The molecule has 5 heterocycles. The first-order chi connectivity index (χ1) is 18.8. The molecule has 6 rings (SSSR count). The molecule has 0 radical (unpaired) electrons. The Balaban J connectivity index is 1.19. The topological polar surface area (TPSA) is 96.0 Å². The largest absolute Gasteiger partial charge is 0.379 e. The van der Waals surface area contributed by atoms with Crippen molar-refractivity contribution in [1.82, 2.24) is 25.2 Å². The van der Waals surface area contributed by atoms with Crippen molar-refractivity contribution in [3.05, 3.63) is 53.9 Å². The van der Waals surface area contributed by atoms with Crippen molar-refractivity contribution in [3.63, 3.8) is 0 Å². The number of amides is 1. The Morgan fingerprint density at radius 1 is 0.868 bits per heavy atom. The Kier molecular flexibility index (Phi) is 7.61. The molecule has 10 heteroatoms. The van der Waals surface area contributed by atoms with E-state index in [-0.39, 0.29) is 11.9 Å². The molecule has 3 aliphatic heterocycles. The van der Waals surface area contributed by atoms with Crippen LogP contribution in [0.4, 0.5) is 11.8 Å². The molecule has 1 unspecified atom stereocenters. The number of carbonyl (C=O) groups excluding carboxylic acids is 1. The molecule has 0 saturated carbocycles. The summed E-state index contributed by atoms with van der Waals surface area (Å²) in [4.78, 5) is 34.4. The fourth-order valence-electron chi connectivity index (χ4n) is 5.53. The number of nitrogens with one attached hydrogen (secondary N) is 1. The zero-order chi connectivity index (χ0) is 25.7. The third-order valence-electron chi connectivity index (χ3n) is 7.67. The molecule has 1 amide bonds. The normalized spacial score (nSPS) is 19.6. The molecule has 0 bridgehead atoms. The SMILES string of the molecule is O=C(NCC(c1cnc(N2CCCC2)nc1)N1CCOCC1)c1cccc2nc(N3CCOCC3)ccc12. The van der Waals surface area contributed by atoms with Gasteiger partial charge < -0.3 is 24.6 Å². The Morgan fingerprint density at radius 3 is 2.32 bits per heavy atom. The molecule has 0 spiro atoms. The maximum absolute atomic E-state index is 13.4. The molecule has 1 aromatic carbocycles. The lowest BCUT2D eigenvalue weighted by atomic mass is 10.1. The van der Waals surface area contributed by atoms with Gasteiger partial charge in [-0.1, -0.05) is 6.07 Å². The second-order valence-electron chi connectivity index (χ2n) is 10.0. The van der Waals surface area contributed by atoms with Gasteiger partial charge in [0, 0.05) is 74.7 Å². The fraction of sp³-hybridized carbons (Fsp3) is 0.500. The minimum Gasteiger partial charge on any atom is -0.379 e. The van der Waals surface area contributed by atoms with E-state index in [2.05, 4.69) is 30.0 Å². The lowest BCUT2D eigenvalue weighted by Crippen LogP contribution is -2.44. The number of ether oxygens (including phenoxy) is 2. The van der Waals surface area contributed by atoms with Crippen molar-refractivity contribution in [2.75, 3.05) is 82.0 Å². The van der Waals surface area contributed by atoms with Gasteiger partial charge in [-0.05, 0) is 37.1 Å². The van der Waals surface area contributed by atoms with Crippen molar-refractivity contribution in [1.29, 1.82) is 0 Å². The Hall–Kier alpha value is -3.34. The lowest BCUT2D eigenvalue weighted by molar-refractivity contribution is 0.0161. The molecule has 1 atom stereocenters. The van der Waals surface area contributed by atoms with E-state index < -0.39 is 0 Å². The molecule has 200 valence electrons. The predicted molar refractivity (Wildman–Crippen MR) is 146 cm³/mol. The summed E-state index contributed by atoms with van der Waals surface area (Å²) < 4.78 is 11.1. The number of carbonyl (C=O) groups is 1. The Bertz CT molecular complexity index is 1240. The molecule has 3 aromatic rings. The second kappa shape index (κ2) is 11.6. The van der Waals surface area contributed by atoms with Crippen LogP contribution in [0.3, 0.4) is 0 Å². The minimum atomic E-state index is -0.107. The average molecular weight is 518 g/mol. The van der Waals surface area contributed by atoms with Crippen molar-refractivity contribution in [3.8, 4) is 0 Å². The van der Waals surface area contributed by atoms with E-state index in [0.717, 1.165) is 67.5 Å². The van der Waals surface area contributed by atoms with E-state index in [1.54, 1.807) is 0 Å². The van der Waals surface area contributed by atoms with E-state index in [9.17, 15) is 4.79 Å². The molecule has 1 N–H and O–H groups in total. The zero-order valence-corrected chi connectivity index (χ0v) is 21.7. The highest BCUT2D eigenvalue weighted by Crippen LogP contribution is 2.25. The minimum absolute atomic E-state index is 0.0310. The number of rotatable bonds is 7. The predicted octanol–water partition coefficient (Wildman–Crippen LogP) is 2.26. The van der Waals surface area contributed by atoms with Gasteiger partial charge in [0.1, 0.15) is 5.82 Å². The van der Waals surface area contributed by atoms with Crippen LogP contribution < -0.4 is 15.1 Å². The van der Waals surface area contributed by atoms with Gasteiger partial charge in [0.25, 0.3) is 5.91 Å². The molecule has 3 aliphatic rings. The van der Waals surface area contributed by atoms with E-state index in [1.165, 1.54) is 12.8 Å². The standard InChI is InChI=1S/C28H35N7O3/c36-27(23-4-3-5-24-22(23)6-7-26(32-24)34-12-16-38-17-13-34)29-20-25(33-10-14-37-15-11-33)21-18-30-28(31-19-21)35-8-1-2-9-35/h3-7,18-19,25H,1-2,8-17,20H2,(H,29,36). The van der Waals surface area contributed by atoms with Crippen LogP contribution >= 0.6 is 0 Å². The van der Waals surface area contributed by atoms with E-state index in [0.29, 0.717) is 38.5 Å². The van der Waals surface area contributed by atoms with Crippen LogP contribution in [-0.2, 0) is 9.47 Å². The summed E-state index contributed by atoms with van der Waals surface area (Å²) in [6, 6.07) is 9.71. The summed E-state index contributed by atoms with van der Waals surface area (Å²) in [6.07, 6.45) is 6.21. The van der Waals surface area contributed by atoms with Crippen LogP contribution in [0, 0.1) is 0 Å². The molecular formula is C28H35N7O3. The van der Waals surface area contributed by atoms with Crippen molar-refractivity contribution in [2.24, 2.45) is 0 Å². The van der Waals surface area contributed by atoms with Gasteiger partial charge in [-0.15, -0.1) is 0 Å². The molecule has 3 fully saturated rings. The third kappa shape index (κ3) is 5.43. The van der Waals surface area contributed by atoms with Crippen LogP contribution in [0.5, 0.6) is 0 Å². The number of fused-ring (bicyclic) bond motifs is 1. The molecule has 2 aromatic heterocycles. The van der Waals surface area contributed by atoms with Gasteiger partial charge in [-0.3, -0.25) is 9.69 Å². The summed E-state index contributed by atoms with van der Waals surface area (Å²) in [5.41, 5.74) is 2.45. The number of benzene rings is 1. The van der Waals surface area contributed by atoms with Crippen molar-refractivity contribution < 1.29 is 14.3 Å². The van der Waals surface area contributed by atoms with Crippen LogP contribution in [-0.4, -0.2) is 98.0 Å². The number of pyridine rings is 1. The van der Waals surface area contributed by atoms with Crippen LogP contribution in [0.25, 0.3) is 10.9 Å². The van der Waals surface area contributed by atoms with Gasteiger partial charge in [-0.2, -0.15) is 0 Å². The number of morpholine rings is 2. The summed E-state index contributed by atoms with van der Waals surface area (Å²) in [7, 11) is 0. The van der Waals surface area contributed by atoms with Crippen LogP contribution in [0.1, 0.15) is 34.8 Å². The number of aromatic nitrogens is 3. The Labute approximate surface area is 223 Å². The number of hydrogen-bond donors (Lipinski definition) is 1. The summed E-state index contributed by atoms with van der Waals surface area (Å²) >= 11 is 0. The van der Waals surface area contributed by atoms with Gasteiger partial charge in [0.2, 0.25) is 5.95 Å². The second-order valence-corrected chi connectivity index (χ2v) is 10.0. The Morgan fingerprint density at radius 2 is 1.58 bits per heavy atom. The van der Waals surface area contributed by atoms with Gasteiger partial charge >= 0.3 is 0 Å². The highest BCUT2D eigenvalue weighted by atomic mass is 16.5. The molecule has 3 saturated heterocycles. The number of anilines is 2. The smallest absolute Gasteiger partial charge is 0.252 e. The van der Waals surface area contributed by atoms with Crippen molar-refractivity contribution >= 4 is 28.6 Å². The van der Waals surface area contributed by atoms with Crippen LogP contribution in [0.15, 0.2) is 42.7 Å². The van der Waals surface area contributed by atoms with E-state index in [4.69, 9.17) is 14.5 Å². The molecule has 0 aliphatic carbocycles. The monoisotopic (exact) mass is 517 g/mol. The number of nitrogens with zero attached hydrogens (tertiary/aromatic N) is 6. The quantitative estimate of drug-likeness (QED) is 0.506. The molecule has 38 heavy (non-hydrogen) atoms. The van der Waals surface area contributed by atoms with Gasteiger partial charge in [0.05, 0.1) is 38.0 Å². The molecule has 10 nitrogen and oxygen atoms in total. The molecular weight excluding hydrogens is 482 g/mol. The zero-order valence-electron chi connectivity index (χ0n) is 21.7. The summed E-state index contributed by atoms with van der Waals surface area (Å²) in [6.45, 7) is 8.50. The van der Waals surface area contributed by atoms with E-state index in [1.807, 2.05) is 42.7 Å². The lowest BCUT2D eigenvalue weighted by Gasteiger charge is -2.34. The average Bonchev–Trinajstić information content (AvgIpc) is 3.53. The first kappa shape index (κ1) is 25.0. The highest BCUT2D eigenvalue weighted by molar-refractivity contribution is 6.06.